The molecule has 0 fully saturated rings. The van der Waals surface area contributed by atoms with Gasteiger partial charge < -0.3 is 10.4 Å². The van der Waals surface area contributed by atoms with E-state index < -0.39 is 0 Å². The van der Waals surface area contributed by atoms with Crippen molar-refractivity contribution in [2.45, 2.75) is 45.8 Å². The van der Waals surface area contributed by atoms with Gasteiger partial charge in [0.25, 0.3) is 0 Å². The van der Waals surface area contributed by atoms with Crippen molar-refractivity contribution in [3.8, 4) is 0 Å². The van der Waals surface area contributed by atoms with Gasteiger partial charge in [-0.05, 0) is 32.9 Å². The van der Waals surface area contributed by atoms with E-state index in [2.05, 4.69) is 31.2 Å². The SMILES string of the molecule is CCCNCC(O)Cc1ccn(C(C)C)n1. The Labute approximate surface area is 97.7 Å². The van der Waals surface area contributed by atoms with E-state index in [1.54, 1.807) is 0 Å². The van der Waals surface area contributed by atoms with Crippen LogP contribution >= 0.6 is 0 Å². The summed E-state index contributed by atoms with van der Waals surface area (Å²) < 4.78 is 1.92. The molecule has 92 valence electrons. The lowest BCUT2D eigenvalue weighted by Gasteiger charge is -2.10. The normalized spacial score (nSPS) is 13.3. The van der Waals surface area contributed by atoms with E-state index in [1.165, 1.54) is 0 Å². The van der Waals surface area contributed by atoms with Crippen molar-refractivity contribution in [3.05, 3.63) is 18.0 Å². The number of aliphatic hydroxyl groups excluding tert-OH is 1. The van der Waals surface area contributed by atoms with E-state index in [-0.39, 0.29) is 6.10 Å². The summed E-state index contributed by atoms with van der Waals surface area (Å²) in [4.78, 5) is 0. The predicted molar refractivity (Wildman–Crippen MR) is 65.5 cm³/mol. The number of hydrogen-bond donors (Lipinski definition) is 2. The van der Waals surface area contributed by atoms with Crippen molar-refractivity contribution in [2.75, 3.05) is 13.1 Å². The number of rotatable bonds is 7. The molecule has 0 radical (unpaired) electrons. The van der Waals surface area contributed by atoms with Gasteiger partial charge in [-0.25, -0.2) is 0 Å². The van der Waals surface area contributed by atoms with Gasteiger partial charge in [-0.3, -0.25) is 4.68 Å². The fourth-order valence-corrected chi connectivity index (χ4v) is 1.53. The molecule has 0 saturated carbocycles. The Bertz CT molecular complexity index is 296. The van der Waals surface area contributed by atoms with Crippen LogP contribution in [0, 0.1) is 0 Å². The minimum absolute atomic E-state index is 0.345. The molecule has 0 bridgehead atoms. The highest BCUT2D eigenvalue weighted by Crippen LogP contribution is 2.06. The summed E-state index contributed by atoms with van der Waals surface area (Å²) in [6.45, 7) is 7.90. The minimum atomic E-state index is -0.345. The van der Waals surface area contributed by atoms with Crippen LogP contribution in [0.1, 0.15) is 38.9 Å². The highest BCUT2D eigenvalue weighted by atomic mass is 16.3. The molecule has 1 atom stereocenters. The molecular weight excluding hydrogens is 202 g/mol. The van der Waals surface area contributed by atoms with E-state index >= 15 is 0 Å². The first-order valence-corrected chi connectivity index (χ1v) is 6.06. The average molecular weight is 225 g/mol. The fourth-order valence-electron chi connectivity index (χ4n) is 1.53. The zero-order valence-corrected chi connectivity index (χ0v) is 10.5. The van der Waals surface area contributed by atoms with Gasteiger partial charge in [0.2, 0.25) is 0 Å². The molecule has 1 heterocycles. The summed E-state index contributed by atoms with van der Waals surface area (Å²) in [5.74, 6) is 0. The van der Waals surface area contributed by atoms with Gasteiger partial charge >= 0.3 is 0 Å². The second-order valence-electron chi connectivity index (χ2n) is 4.44. The van der Waals surface area contributed by atoms with Gasteiger partial charge in [-0.2, -0.15) is 5.10 Å². The van der Waals surface area contributed by atoms with E-state index in [9.17, 15) is 5.11 Å². The highest BCUT2D eigenvalue weighted by Gasteiger charge is 2.08. The van der Waals surface area contributed by atoms with E-state index in [1.807, 2.05) is 16.9 Å². The van der Waals surface area contributed by atoms with Crippen LogP contribution < -0.4 is 5.32 Å². The van der Waals surface area contributed by atoms with Crippen molar-refractivity contribution in [1.29, 1.82) is 0 Å². The van der Waals surface area contributed by atoms with Crippen LogP contribution in [0.5, 0.6) is 0 Å². The molecule has 0 spiro atoms. The summed E-state index contributed by atoms with van der Waals surface area (Å²) in [6.07, 6.45) is 3.33. The fraction of sp³-hybridized carbons (Fsp3) is 0.750. The van der Waals surface area contributed by atoms with Crippen molar-refractivity contribution < 1.29 is 5.11 Å². The van der Waals surface area contributed by atoms with E-state index in [4.69, 9.17) is 0 Å². The zero-order chi connectivity index (χ0) is 12.0. The van der Waals surface area contributed by atoms with Crippen LogP contribution in [0.2, 0.25) is 0 Å². The topological polar surface area (TPSA) is 50.1 Å². The Morgan fingerprint density at radius 1 is 1.50 bits per heavy atom. The van der Waals surface area contributed by atoms with Gasteiger partial charge in [0, 0.05) is 25.2 Å². The Hall–Kier alpha value is -0.870. The maximum absolute atomic E-state index is 9.77. The molecule has 0 aliphatic carbocycles. The Balaban J connectivity index is 2.34. The Kier molecular flexibility index (Phi) is 5.49. The standard InChI is InChI=1S/C12H23N3O/c1-4-6-13-9-12(16)8-11-5-7-15(14-11)10(2)3/h5,7,10,12-13,16H,4,6,8-9H2,1-3H3. The zero-order valence-electron chi connectivity index (χ0n) is 10.5. The molecule has 4 heteroatoms. The maximum atomic E-state index is 9.77. The highest BCUT2D eigenvalue weighted by molar-refractivity contribution is 5.01. The molecule has 2 N–H and O–H groups in total. The molecule has 0 amide bonds. The van der Waals surface area contributed by atoms with Crippen molar-refractivity contribution in [2.24, 2.45) is 0 Å². The number of hydrogen-bond acceptors (Lipinski definition) is 3. The average Bonchev–Trinajstić information content (AvgIpc) is 2.66. The lowest BCUT2D eigenvalue weighted by atomic mass is 10.2. The van der Waals surface area contributed by atoms with Crippen LogP contribution in [-0.4, -0.2) is 34.1 Å². The minimum Gasteiger partial charge on any atom is -0.391 e. The lowest BCUT2D eigenvalue weighted by Crippen LogP contribution is -2.29. The van der Waals surface area contributed by atoms with Gasteiger partial charge in [-0.1, -0.05) is 6.92 Å². The van der Waals surface area contributed by atoms with Crippen LogP contribution in [0.3, 0.4) is 0 Å². The predicted octanol–water partition coefficient (Wildman–Crippen LogP) is 1.37. The number of nitrogens with zero attached hydrogens (tertiary/aromatic N) is 2. The first kappa shape index (κ1) is 13.2. The molecular formula is C12H23N3O. The van der Waals surface area contributed by atoms with Crippen LogP contribution in [0.4, 0.5) is 0 Å². The van der Waals surface area contributed by atoms with Gasteiger partial charge in [-0.15, -0.1) is 0 Å². The molecule has 1 unspecified atom stereocenters. The first-order valence-electron chi connectivity index (χ1n) is 6.06. The third-order valence-electron chi connectivity index (χ3n) is 2.44. The van der Waals surface area contributed by atoms with Gasteiger partial charge in [0.05, 0.1) is 11.8 Å². The van der Waals surface area contributed by atoms with Crippen LogP contribution in [0.25, 0.3) is 0 Å². The van der Waals surface area contributed by atoms with Crippen molar-refractivity contribution in [3.63, 3.8) is 0 Å². The smallest absolute Gasteiger partial charge is 0.0720 e. The Morgan fingerprint density at radius 3 is 2.81 bits per heavy atom. The number of aromatic nitrogens is 2. The molecule has 0 saturated heterocycles. The van der Waals surface area contributed by atoms with Crippen molar-refractivity contribution in [1.82, 2.24) is 15.1 Å². The molecule has 1 rings (SSSR count). The number of nitrogens with one attached hydrogen (secondary N) is 1. The monoisotopic (exact) mass is 225 g/mol. The summed E-state index contributed by atoms with van der Waals surface area (Å²) in [7, 11) is 0. The van der Waals surface area contributed by atoms with Crippen LogP contribution in [0.15, 0.2) is 12.3 Å². The molecule has 1 aromatic rings. The summed E-state index contributed by atoms with van der Waals surface area (Å²) >= 11 is 0. The molecule has 1 aromatic heterocycles. The molecule has 16 heavy (non-hydrogen) atoms. The second kappa shape index (κ2) is 6.66. The summed E-state index contributed by atoms with van der Waals surface area (Å²) in [5, 5.41) is 17.4. The van der Waals surface area contributed by atoms with Gasteiger partial charge in [0.15, 0.2) is 0 Å². The molecule has 4 nitrogen and oxygen atoms in total. The largest absolute Gasteiger partial charge is 0.391 e. The van der Waals surface area contributed by atoms with Crippen LogP contribution in [-0.2, 0) is 6.42 Å². The first-order chi connectivity index (χ1) is 7.63. The van der Waals surface area contributed by atoms with E-state index in [0.29, 0.717) is 19.0 Å². The lowest BCUT2D eigenvalue weighted by molar-refractivity contribution is 0.170. The summed E-state index contributed by atoms with van der Waals surface area (Å²) in [5.41, 5.74) is 0.958. The quantitative estimate of drug-likeness (QED) is 0.689. The Morgan fingerprint density at radius 2 is 2.25 bits per heavy atom. The third kappa shape index (κ3) is 4.33. The number of aliphatic hydroxyl groups is 1. The molecule has 0 aliphatic rings. The van der Waals surface area contributed by atoms with E-state index in [0.717, 1.165) is 18.7 Å². The van der Waals surface area contributed by atoms with Crippen molar-refractivity contribution >= 4 is 0 Å². The van der Waals surface area contributed by atoms with Gasteiger partial charge in [0.1, 0.15) is 0 Å². The summed E-state index contributed by atoms with van der Waals surface area (Å²) in [6, 6.07) is 2.35. The molecule has 0 aliphatic heterocycles. The second-order valence-corrected chi connectivity index (χ2v) is 4.44. The maximum Gasteiger partial charge on any atom is 0.0720 e. The molecule has 0 aromatic carbocycles. The third-order valence-corrected chi connectivity index (χ3v) is 2.44.